The second-order valence-electron chi connectivity index (χ2n) is 9.32. The molecule has 34 heavy (non-hydrogen) atoms. The topological polar surface area (TPSA) is 66.8 Å². The van der Waals surface area contributed by atoms with Gasteiger partial charge in [0.25, 0.3) is 10.0 Å². The third kappa shape index (κ3) is 5.16. The number of aliphatic hydroxyl groups is 1. The number of thioether (sulfide) groups is 1. The summed E-state index contributed by atoms with van der Waals surface area (Å²) in [5.41, 5.74) is 4.27. The third-order valence-electron chi connectivity index (χ3n) is 6.93. The summed E-state index contributed by atoms with van der Waals surface area (Å²) in [5.74, 6) is 3.39. The molecule has 184 valence electrons. The number of anilines is 1. The smallest absolute Gasteiger partial charge is 0.264 e. The van der Waals surface area contributed by atoms with E-state index in [1.54, 1.807) is 22.5 Å². The first-order chi connectivity index (χ1) is 16.3. The zero-order valence-electron chi connectivity index (χ0n) is 20.1. The molecule has 1 fully saturated rings. The molecule has 0 spiro atoms. The summed E-state index contributed by atoms with van der Waals surface area (Å²) in [6, 6.07) is 10.7. The lowest BCUT2D eigenvalue weighted by molar-refractivity contribution is 0.226. The number of aliphatic hydroxyl groups excluding tert-OH is 1. The van der Waals surface area contributed by atoms with E-state index in [2.05, 4.69) is 12.6 Å². The fourth-order valence-corrected chi connectivity index (χ4v) is 7.86. The minimum Gasteiger partial charge on any atom is -0.493 e. The lowest BCUT2D eigenvalue weighted by atomic mass is 9.94. The Morgan fingerprint density at radius 1 is 1.18 bits per heavy atom. The SMILES string of the molecule is C=C(C)c1ccc2c(c1)CCC(CC)N2S(=O)(=O)c1ccc(OCC2CCSCC2)c(CO)c1. The minimum absolute atomic E-state index is 0.106. The molecule has 1 unspecified atom stereocenters. The maximum Gasteiger partial charge on any atom is 0.264 e. The number of nitrogens with zero attached hydrogens (tertiary/aromatic N) is 1. The van der Waals surface area contributed by atoms with Crippen molar-refractivity contribution >= 4 is 33.0 Å². The maximum atomic E-state index is 13.9. The van der Waals surface area contributed by atoms with E-state index < -0.39 is 10.0 Å². The molecule has 2 aliphatic heterocycles. The number of benzene rings is 2. The van der Waals surface area contributed by atoms with Crippen LogP contribution in [0.4, 0.5) is 5.69 Å². The number of allylic oxidation sites excluding steroid dienone is 1. The van der Waals surface area contributed by atoms with Crippen LogP contribution in [-0.4, -0.2) is 37.7 Å². The molecule has 2 aliphatic rings. The van der Waals surface area contributed by atoms with Crippen LogP contribution in [0.15, 0.2) is 47.9 Å². The highest BCUT2D eigenvalue weighted by Gasteiger charge is 2.35. The van der Waals surface area contributed by atoms with E-state index >= 15 is 0 Å². The third-order valence-corrected chi connectivity index (χ3v) is 9.85. The average molecular weight is 502 g/mol. The minimum atomic E-state index is -3.81. The molecule has 0 radical (unpaired) electrons. The van der Waals surface area contributed by atoms with E-state index in [-0.39, 0.29) is 17.5 Å². The fraction of sp³-hybridized carbons (Fsp3) is 0.481. The molecule has 5 nitrogen and oxygen atoms in total. The highest BCUT2D eigenvalue weighted by atomic mass is 32.2. The molecule has 0 bridgehead atoms. The van der Waals surface area contributed by atoms with Gasteiger partial charge in [-0.25, -0.2) is 8.42 Å². The Balaban J connectivity index is 1.64. The van der Waals surface area contributed by atoms with Crippen LogP contribution in [0.3, 0.4) is 0 Å². The monoisotopic (exact) mass is 501 g/mol. The first-order valence-electron chi connectivity index (χ1n) is 12.1. The Labute approximate surface area is 208 Å². The molecule has 4 rings (SSSR count). The van der Waals surface area contributed by atoms with Crippen LogP contribution < -0.4 is 9.04 Å². The van der Waals surface area contributed by atoms with Crippen molar-refractivity contribution in [3.05, 3.63) is 59.7 Å². The van der Waals surface area contributed by atoms with E-state index in [0.29, 0.717) is 23.8 Å². The lowest BCUT2D eigenvalue weighted by Crippen LogP contribution is -2.43. The Hall–Kier alpha value is -1.96. The van der Waals surface area contributed by atoms with Gasteiger partial charge >= 0.3 is 0 Å². The molecular formula is C27H35NO4S2. The normalized spacial score (nSPS) is 19.0. The van der Waals surface area contributed by atoms with Crippen LogP contribution in [0.25, 0.3) is 5.57 Å². The van der Waals surface area contributed by atoms with Gasteiger partial charge in [-0.05, 0) is 97.9 Å². The number of fused-ring (bicyclic) bond motifs is 1. The molecule has 1 N–H and O–H groups in total. The van der Waals surface area contributed by atoms with Gasteiger partial charge in [-0.1, -0.05) is 25.1 Å². The van der Waals surface area contributed by atoms with Crippen molar-refractivity contribution in [1.29, 1.82) is 0 Å². The number of ether oxygens (including phenoxy) is 1. The van der Waals surface area contributed by atoms with Crippen molar-refractivity contribution in [1.82, 2.24) is 0 Å². The number of hydrogen-bond acceptors (Lipinski definition) is 5. The van der Waals surface area contributed by atoms with Gasteiger partial charge in [0.15, 0.2) is 0 Å². The summed E-state index contributed by atoms with van der Waals surface area (Å²) < 4.78 is 35.4. The number of sulfonamides is 1. The molecule has 0 aliphatic carbocycles. The van der Waals surface area contributed by atoms with Crippen molar-refractivity contribution in [2.45, 2.75) is 63.5 Å². The molecule has 7 heteroatoms. The van der Waals surface area contributed by atoms with Crippen molar-refractivity contribution in [3.63, 3.8) is 0 Å². The molecule has 0 saturated carbocycles. The predicted octanol–water partition coefficient (Wildman–Crippen LogP) is 5.65. The predicted molar refractivity (Wildman–Crippen MR) is 141 cm³/mol. The molecule has 2 heterocycles. The van der Waals surface area contributed by atoms with Crippen molar-refractivity contribution < 1.29 is 18.3 Å². The Bertz CT molecular complexity index is 1140. The van der Waals surface area contributed by atoms with E-state index in [1.165, 1.54) is 0 Å². The zero-order chi connectivity index (χ0) is 24.3. The second kappa shape index (κ2) is 10.8. The second-order valence-corrected chi connectivity index (χ2v) is 12.4. The highest BCUT2D eigenvalue weighted by molar-refractivity contribution is 7.99. The molecule has 1 atom stereocenters. The molecule has 2 aromatic carbocycles. The first kappa shape index (κ1) is 25.1. The van der Waals surface area contributed by atoms with Gasteiger partial charge in [0.2, 0.25) is 0 Å². The number of hydrogen-bond donors (Lipinski definition) is 1. The largest absolute Gasteiger partial charge is 0.493 e. The van der Waals surface area contributed by atoms with Crippen LogP contribution >= 0.6 is 11.8 Å². The molecule has 2 aromatic rings. The summed E-state index contributed by atoms with van der Waals surface area (Å²) in [6.07, 6.45) is 4.61. The van der Waals surface area contributed by atoms with Gasteiger partial charge in [-0.3, -0.25) is 4.31 Å². The summed E-state index contributed by atoms with van der Waals surface area (Å²) >= 11 is 1.97. The van der Waals surface area contributed by atoms with E-state index in [4.69, 9.17) is 4.74 Å². The van der Waals surface area contributed by atoms with Crippen molar-refractivity contribution in [2.24, 2.45) is 5.92 Å². The van der Waals surface area contributed by atoms with Gasteiger partial charge in [0.05, 0.1) is 23.8 Å². The van der Waals surface area contributed by atoms with Crippen LogP contribution in [0.2, 0.25) is 0 Å². The van der Waals surface area contributed by atoms with Gasteiger partial charge in [0.1, 0.15) is 5.75 Å². The van der Waals surface area contributed by atoms with E-state index in [9.17, 15) is 13.5 Å². The first-order valence-corrected chi connectivity index (χ1v) is 14.7. The van der Waals surface area contributed by atoms with Crippen LogP contribution in [0.5, 0.6) is 5.75 Å². The van der Waals surface area contributed by atoms with Crippen molar-refractivity contribution in [3.8, 4) is 5.75 Å². The average Bonchev–Trinajstić information content (AvgIpc) is 2.86. The van der Waals surface area contributed by atoms with Crippen LogP contribution in [-0.2, 0) is 23.1 Å². The number of aryl methyl sites for hydroxylation is 1. The molecule has 1 saturated heterocycles. The summed E-state index contributed by atoms with van der Waals surface area (Å²) in [4.78, 5) is 0.188. The van der Waals surface area contributed by atoms with Gasteiger partial charge in [0, 0.05) is 11.6 Å². The maximum absolute atomic E-state index is 13.9. The molecule has 0 amide bonds. The molecular weight excluding hydrogens is 466 g/mol. The number of rotatable bonds is 8. The fourth-order valence-electron chi connectivity index (χ4n) is 4.81. The Morgan fingerprint density at radius 2 is 1.94 bits per heavy atom. The quantitative estimate of drug-likeness (QED) is 0.506. The zero-order valence-corrected chi connectivity index (χ0v) is 21.8. The lowest BCUT2D eigenvalue weighted by Gasteiger charge is -2.38. The van der Waals surface area contributed by atoms with Crippen LogP contribution in [0.1, 0.15) is 56.2 Å². The highest BCUT2D eigenvalue weighted by Crippen LogP contribution is 2.38. The Morgan fingerprint density at radius 3 is 2.62 bits per heavy atom. The van der Waals surface area contributed by atoms with Gasteiger partial charge in [-0.2, -0.15) is 11.8 Å². The van der Waals surface area contributed by atoms with E-state index in [1.807, 2.05) is 37.7 Å². The Kier molecular flexibility index (Phi) is 7.95. The summed E-state index contributed by atoms with van der Waals surface area (Å²) in [6.45, 7) is 8.34. The van der Waals surface area contributed by atoms with Crippen molar-refractivity contribution in [2.75, 3.05) is 22.4 Å². The van der Waals surface area contributed by atoms with Crippen LogP contribution in [0, 0.1) is 5.92 Å². The molecule has 0 aromatic heterocycles. The summed E-state index contributed by atoms with van der Waals surface area (Å²) in [5, 5.41) is 9.99. The van der Waals surface area contributed by atoms with E-state index in [0.717, 1.165) is 66.0 Å². The standard InChI is InChI=1S/C27H35NO4S2/c1-4-24-7-5-22-15-21(19(2)3)6-9-26(22)28(24)34(30,31)25-8-10-27(23(16-25)17-29)32-18-20-11-13-33-14-12-20/h6,8-10,15-16,20,24,29H,2,4-5,7,11-14,17-18H2,1,3H3. The van der Waals surface area contributed by atoms with Gasteiger partial charge in [-0.15, -0.1) is 0 Å². The van der Waals surface area contributed by atoms with Gasteiger partial charge < -0.3 is 9.84 Å². The summed E-state index contributed by atoms with van der Waals surface area (Å²) in [7, 11) is -3.81.